The van der Waals surface area contributed by atoms with Gasteiger partial charge >= 0.3 is 0 Å². The van der Waals surface area contributed by atoms with Crippen molar-refractivity contribution in [3.63, 3.8) is 0 Å². The summed E-state index contributed by atoms with van der Waals surface area (Å²) in [7, 11) is 1.65. The maximum absolute atomic E-state index is 5.33. The summed E-state index contributed by atoms with van der Waals surface area (Å²) in [6, 6.07) is 0.204. The molecule has 0 heterocycles. The number of rotatable bonds is 9. The van der Waals surface area contributed by atoms with Gasteiger partial charge in [-0.3, -0.25) is 11.3 Å². The Balaban J connectivity index is 3.30. The predicted octanol–water partition coefficient (Wildman–Crippen LogP) is 0.448. The van der Waals surface area contributed by atoms with Crippen molar-refractivity contribution in [3.8, 4) is 0 Å². The van der Waals surface area contributed by atoms with Crippen LogP contribution in [0.5, 0.6) is 0 Å². The van der Waals surface area contributed by atoms with Crippen LogP contribution in [0.2, 0.25) is 0 Å². The molecular formula is C9H20N2O2. The van der Waals surface area contributed by atoms with Gasteiger partial charge in [-0.1, -0.05) is 6.08 Å². The van der Waals surface area contributed by atoms with Crippen molar-refractivity contribution in [2.45, 2.75) is 18.9 Å². The third-order valence-corrected chi connectivity index (χ3v) is 1.71. The molecule has 0 aliphatic carbocycles. The average molecular weight is 188 g/mol. The first-order valence-electron chi connectivity index (χ1n) is 4.48. The first kappa shape index (κ1) is 12.6. The largest absolute Gasteiger partial charge is 0.382 e. The van der Waals surface area contributed by atoms with Gasteiger partial charge in [0.15, 0.2) is 0 Å². The Morgan fingerprint density at radius 2 is 2.31 bits per heavy atom. The predicted molar refractivity (Wildman–Crippen MR) is 53.2 cm³/mol. The highest BCUT2D eigenvalue weighted by Gasteiger charge is 2.04. The first-order valence-corrected chi connectivity index (χ1v) is 4.48. The van der Waals surface area contributed by atoms with Crippen molar-refractivity contribution in [1.29, 1.82) is 0 Å². The molecule has 0 saturated carbocycles. The Bertz CT molecular complexity index is 120. The maximum Gasteiger partial charge on any atom is 0.0701 e. The van der Waals surface area contributed by atoms with E-state index in [2.05, 4.69) is 12.0 Å². The molecule has 3 N–H and O–H groups in total. The zero-order valence-electron chi connectivity index (χ0n) is 8.29. The van der Waals surface area contributed by atoms with Gasteiger partial charge in [0, 0.05) is 13.2 Å². The van der Waals surface area contributed by atoms with Crippen LogP contribution in [-0.2, 0) is 9.47 Å². The van der Waals surface area contributed by atoms with Crippen LogP contribution in [0.15, 0.2) is 12.7 Å². The first-order chi connectivity index (χ1) is 6.35. The van der Waals surface area contributed by atoms with Crippen LogP contribution in [0.1, 0.15) is 12.8 Å². The van der Waals surface area contributed by atoms with Crippen molar-refractivity contribution in [2.24, 2.45) is 5.84 Å². The molecule has 1 unspecified atom stereocenters. The molecule has 4 nitrogen and oxygen atoms in total. The van der Waals surface area contributed by atoms with E-state index in [1.165, 1.54) is 0 Å². The van der Waals surface area contributed by atoms with Crippen molar-refractivity contribution in [3.05, 3.63) is 12.7 Å². The zero-order valence-corrected chi connectivity index (χ0v) is 8.29. The van der Waals surface area contributed by atoms with Gasteiger partial charge < -0.3 is 9.47 Å². The minimum absolute atomic E-state index is 0.204. The van der Waals surface area contributed by atoms with E-state index in [0.717, 1.165) is 12.8 Å². The highest BCUT2D eigenvalue weighted by Crippen LogP contribution is 1.97. The maximum atomic E-state index is 5.33. The number of allylic oxidation sites excluding steroid dienone is 1. The molecule has 13 heavy (non-hydrogen) atoms. The minimum atomic E-state index is 0.204. The fraction of sp³-hybridized carbons (Fsp3) is 0.778. The molecule has 1 atom stereocenters. The summed E-state index contributed by atoms with van der Waals surface area (Å²) >= 11 is 0. The number of nitrogens with two attached hydrogens (primary N) is 1. The molecule has 4 heteroatoms. The normalized spacial score (nSPS) is 12.8. The number of hydrogen-bond acceptors (Lipinski definition) is 4. The van der Waals surface area contributed by atoms with E-state index in [1.807, 2.05) is 6.08 Å². The molecule has 78 valence electrons. The number of nitrogens with one attached hydrogen (secondary N) is 1. The standard InChI is InChI=1S/C9H20N2O2/c1-3-4-5-9(11-10)8-13-7-6-12-2/h3,9,11H,1,4-8,10H2,2H3. The highest BCUT2D eigenvalue weighted by atomic mass is 16.5. The van der Waals surface area contributed by atoms with E-state index < -0.39 is 0 Å². The van der Waals surface area contributed by atoms with Crippen LogP contribution in [-0.4, -0.2) is 33.0 Å². The summed E-state index contributed by atoms with van der Waals surface area (Å²) in [5, 5.41) is 0. The van der Waals surface area contributed by atoms with Gasteiger partial charge in [-0.15, -0.1) is 6.58 Å². The van der Waals surface area contributed by atoms with E-state index in [0.29, 0.717) is 19.8 Å². The lowest BCUT2D eigenvalue weighted by Gasteiger charge is -2.14. The van der Waals surface area contributed by atoms with E-state index in [4.69, 9.17) is 15.3 Å². The molecule has 0 radical (unpaired) electrons. The second-order valence-corrected chi connectivity index (χ2v) is 2.80. The molecule has 0 bridgehead atoms. The third-order valence-electron chi connectivity index (χ3n) is 1.71. The van der Waals surface area contributed by atoms with Crippen LogP contribution in [0.3, 0.4) is 0 Å². The van der Waals surface area contributed by atoms with Gasteiger partial charge in [-0.25, -0.2) is 0 Å². The van der Waals surface area contributed by atoms with Crippen LogP contribution >= 0.6 is 0 Å². The summed E-state index contributed by atoms with van der Waals surface area (Å²) in [5.74, 6) is 5.33. The molecule has 0 saturated heterocycles. The fourth-order valence-electron chi connectivity index (χ4n) is 0.902. The van der Waals surface area contributed by atoms with Gasteiger partial charge in [0.2, 0.25) is 0 Å². The Labute approximate surface area is 80.1 Å². The highest BCUT2D eigenvalue weighted by molar-refractivity contribution is 4.72. The summed E-state index contributed by atoms with van der Waals surface area (Å²) in [4.78, 5) is 0. The monoisotopic (exact) mass is 188 g/mol. The molecule has 0 aromatic heterocycles. The Hall–Kier alpha value is -0.420. The second-order valence-electron chi connectivity index (χ2n) is 2.80. The van der Waals surface area contributed by atoms with Crippen molar-refractivity contribution in [2.75, 3.05) is 26.9 Å². The lowest BCUT2D eigenvalue weighted by Crippen LogP contribution is -2.38. The van der Waals surface area contributed by atoms with Crippen LogP contribution < -0.4 is 11.3 Å². The average Bonchev–Trinajstić information content (AvgIpc) is 2.17. The Kier molecular flexibility index (Phi) is 9.35. The van der Waals surface area contributed by atoms with Gasteiger partial charge in [-0.2, -0.15) is 0 Å². The molecule has 0 aliphatic rings. The lowest BCUT2D eigenvalue weighted by molar-refractivity contribution is 0.0576. The van der Waals surface area contributed by atoms with Gasteiger partial charge in [0.25, 0.3) is 0 Å². The topological polar surface area (TPSA) is 56.5 Å². The SMILES string of the molecule is C=CCCC(COCCOC)NN. The van der Waals surface area contributed by atoms with E-state index in [9.17, 15) is 0 Å². The molecular weight excluding hydrogens is 168 g/mol. The van der Waals surface area contributed by atoms with Crippen molar-refractivity contribution < 1.29 is 9.47 Å². The molecule has 0 aromatic rings. The molecule has 0 aliphatic heterocycles. The van der Waals surface area contributed by atoms with Crippen LogP contribution in [0.4, 0.5) is 0 Å². The van der Waals surface area contributed by atoms with Gasteiger partial charge in [0.05, 0.1) is 19.8 Å². The van der Waals surface area contributed by atoms with Crippen LogP contribution in [0, 0.1) is 0 Å². The molecule has 0 fully saturated rings. The van der Waals surface area contributed by atoms with Crippen molar-refractivity contribution in [1.82, 2.24) is 5.43 Å². The molecule has 0 spiro atoms. The quantitative estimate of drug-likeness (QED) is 0.239. The smallest absolute Gasteiger partial charge is 0.0701 e. The van der Waals surface area contributed by atoms with Gasteiger partial charge in [-0.05, 0) is 12.8 Å². The molecule has 0 rings (SSSR count). The fourth-order valence-corrected chi connectivity index (χ4v) is 0.902. The summed E-state index contributed by atoms with van der Waals surface area (Å²) in [6.45, 7) is 5.50. The number of hydrogen-bond donors (Lipinski definition) is 2. The van der Waals surface area contributed by atoms with Gasteiger partial charge in [0.1, 0.15) is 0 Å². The molecule has 0 amide bonds. The van der Waals surface area contributed by atoms with E-state index in [-0.39, 0.29) is 6.04 Å². The van der Waals surface area contributed by atoms with E-state index >= 15 is 0 Å². The number of methoxy groups -OCH3 is 1. The Morgan fingerprint density at radius 1 is 1.54 bits per heavy atom. The number of ether oxygens (including phenoxy) is 2. The number of hydrazine groups is 1. The zero-order chi connectivity index (χ0) is 9.94. The third kappa shape index (κ3) is 7.93. The second kappa shape index (κ2) is 9.67. The van der Waals surface area contributed by atoms with Crippen molar-refractivity contribution >= 4 is 0 Å². The van der Waals surface area contributed by atoms with E-state index in [1.54, 1.807) is 7.11 Å². The summed E-state index contributed by atoms with van der Waals surface area (Å²) in [6.07, 6.45) is 3.77. The summed E-state index contributed by atoms with van der Waals surface area (Å²) < 4.78 is 10.2. The lowest BCUT2D eigenvalue weighted by atomic mass is 10.2. The molecule has 0 aromatic carbocycles. The minimum Gasteiger partial charge on any atom is -0.382 e. The Morgan fingerprint density at radius 3 is 2.85 bits per heavy atom. The summed E-state index contributed by atoms with van der Waals surface area (Å²) in [5.41, 5.74) is 2.70. The van der Waals surface area contributed by atoms with Crippen LogP contribution in [0.25, 0.3) is 0 Å².